The molecule has 0 spiro atoms. The lowest BCUT2D eigenvalue weighted by molar-refractivity contribution is 0.910. The van der Waals surface area contributed by atoms with E-state index in [4.69, 9.17) is 17.3 Å². The molecule has 13 heavy (non-hydrogen) atoms. The fourth-order valence-corrected chi connectivity index (χ4v) is 1.42. The molecular weight excluding hydrogens is 182 g/mol. The summed E-state index contributed by atoms with van der Waals surface area (Å²) in [7, 11) is 0. The van der Waals surface area contributed by atoms with Gasteiger partial charge in [0.2, 0.25) is 0 Å². The molecular formula is C11H14ClN. The fourth-order valence-electron chi connectivity index (χ4n) is 1.31. The van der Waals surface area contributed by atoms with Gasteiger partial charge < -0.3 is 5.73 Å². The molecule has 1 rings (SSSR count). The lowest BCUT2D eigenvalue weighted by atomic mass is 10.0. The van der Waals surface area contributed by atoms with Crippen LogP contribution in [0.25, 0.3) is 0 Å². The van der Waals surface area contributed by atoms with Gasteiger partial charge in [0.25, 0.3) is 0 Å². The van der Waals surface area contributed by atoms with E-state index in [1.165, 1.54) is 0 Å². The minimum absolute atomic E-state index is 0.102. The number of rotatable bonds is 2. The molecule has 0 fully saturated rings. The highest BCUT2D eigenvalue weighted by Crippen LogP contribution is 2.24. The molecule has 1 aromatic rings. The maximum atomic E-state index is 6.03. The van der Waals surface area contributed by atoms with Gasteiger partial charge in [0, 0.05) is 11.1 Å². The fraction of sp³-hybridized carbons (Fsp3) is 0.273. The van der Waals surface area contributed by atoms with Gasteiger partial charge in [0.15, 0.2) is 0 Å². The van der Waals surface area contributed by atoms with Gasteiger partial charge in [0.05, 0.1) is 0 Å². The number of nitrogens with two attached hydrogens (primary N) is 1. The highest BCUT2D eigenvalue weighted by molar-refractivity contribution is 6.32. The Morgan fingerprint density at radius 2 is 1.85 bits per heavy atom. The van der Waals surface area contributed by atoms with Crippen molar-refractivity contribution >= 4 is 11.6 Å². The monoisotopic (exact) mass is 195 g/mol. The van der Waals surface area contributed by atoms with Crippen molar-refractivity contribution in [3.8, 4) is 0 Å². The molecule has 1 aromatic carbocycles. The van der Waals surface area contributed by atoms with Crippen LogP contribution in [0.4, 0.5) is 0 Å². The first-order chi connectivity index (χ1) is 6.06. The van der Waals surface area contributed by atoms with Crippen LogP contribution < -0.4 is 5.73 Å². The van der Waals surface area contributed by atoms with Crippen LogP contribution in [0.15, 0.2) is 24.8 Å². The number of hydrogen-bond donors (Lipinski definition) is 1. The Morgan fingerprint density at radius 1 is 1.38 bits per heavy atom. The molecule has 0 aromatic heterocycles. The first-order valence-electron chi connectivity index (χ1n) is 4.21. The van der Waals surface area contributed by atoms with E-state index in [1.807, 2.05) is 26.0 Å². The summed E-state index contributed by atoms with van der Waals surface area (Å²) < 4.78 is 0. The van der Waals surface area contributed by atoms with Crippen LogP contribution in [0, 0.1) is 13.8 Å². The molecule has 0 saturated heterocycles. The lowest BCUT2D eigenvalue weighted by Gasteiger charge is -2.10. The third-order valence-electron chi connectivity index (χ3n) is 2.10. The van der Waals surface area contributed by atoms with Crippen molar-refractivity contribution in [2.75, 3.05) is 0 Å². The van der Waals surface area contributed by atoms with E-state index in [9.17, 15) is 0 Å². The predicted molar refractivity (Wildman–Crippen MR) is 58.1 cm³/mol. The Kier molecular flexibility index (Phi) is 3.12. The average molecular weight is 196 g/mol. The standard InChI is InChI=1S/C11H14ClN/c1-4-10(13)9-5-7(2)11(12)8(3)6-9/h4-6,10H,1,13H2,2-3H3/t10-/m1/s1. The van der Waals surface area contributed by atoms with Crippen LogP contribution in [0.1, 0.15) is 22.7 Å². The van der Waals surface area contributed by atoms with Crippen molar-refractivity contribution in [1.82, 2.24) is 0 Å². The molecule has 0 aliphatic heterocycles. The van der Waals surface area contributed by atoms with Gasteiger partial charge in [-0.15, -0.1) is 6.58 Å². The molecule has 0 heterocycles. The van der Waals surface area contributed by atoms with Gasteiger partial charge in [0.1, 0.15) is 0 Å². The molecule has 1 nitrogen and oxygen atoms in total. The molecule has 0 bridgehead atoms. The first kappa shape index (κ1) is 10.3. The average Bonchev–Trinajstić information content (AvgIpc) is 2.12. The van der Waals surface area contributed by atoms with Crippen molar-refractivity contribution in [2.24, 2.45) is 5.73 Å². The largest absolute Gasteiger partial charge is 0.321 e. The third kappa shape index (κ3) is 2.11. The van der Waals surface area contributed by atoms with Crippen LogP contribution >= 0.6 is 11.6 Å². The Bertz CT molecular complexity index is 308. The number of halogens is 1. The third-order valence-corrected chi connectivity index (χ3v) is 2.69. The topological polar surface area (TPSA) is 26.0 Å². The molecule has 2 N–H and O–H groups in total. The second-order valence-electron chi connectivity index (χ2n) is 3.23. The van der Waals surface area contributed by atoms with Crippen LogP contribution in [0.5, 0.6) is 0 Å². The van der Waals surface area contributed by atoms with Crippen molar-refractivity contribution in [3.63, 3.8) is 0 Å². The van der Waals surface area contributed by atoms with Gasteiger partial charge in [-0.2, -0.15) is 0 Å². The summed E-state index contributed by atoms with van der Waals surface area (Å²) in [6.45, 7) is 7.62. The number of aryl methyl sites for hydroxylation is 2. The first-order valence-corrected chi connectivity index (χ1v) is 4.59. The lowest BCUT2D eigenvalue weighted by Crippen LogP contribution is -2.07. The molecule has 0 saturated carbocycles. The zero-order valence-corrected chi connectivity index (χ0v) is 8.73. The zero-order valence-electron chi connectivity index (χ0n) is 7.97. The van der Waals surface area contributed by atoms with Crippen LogP contribution in [0.2, 0.25) is 5.02 Å². The minimum Gasteiger partial charge on any atom is -0.321 e. The zero-order chi connectivity index (χ0) is 10.0. The maximum absolute atomic E-state index is 6.03. The van der Waals surface area contributed by atoms with Crippen molar-refractivity contribution < 1.29 is 0 Å². The molecule has 0 radical (unpaired) electrons. The molecule has 70 valence electrons. The summed E-state index contributed by atoms with van der Waals surface area (Å²) in [6, 6.07) is 3.90. The quantitative estimate of drug-likeness (QED) is 0.721. The minimum atomic E-state index is -0.102. The molecule has 0 aliphatic rings. The molecule has 1 atom stereocenters. The SMILES string of the molecule is C=C[C@@H](N)c1cc(C)c(Cl)c(C)c1. The van der Waals surface area contributed by atoms with E-state index in [-0.39, 0.29) is 6.04 Å². The second-order valence-corrected chi connectivity index (χ2v) is 3.61. The molecule has 0 amide bonds. The van der Waals surface area contributed by atoms with Crippen LogP contribution in [-0.4, -0.2) is 0 Å². The van der Waals surface area contributed by atoms with Gasteiger partial charge in [-0.1, -0.05) is 29.8 Å². The van der Waals surface area contributed by atoms with E-state index >= 15 is 0 Å². The maximum Gasteiger partial charge on any atom is 0.0478 e. The molecule has 2 heteroatoms. The van der Waals surface area contributed by atoms with E-state index < -0.39 is 0 Å². The smallest absolute Gasteiger partial charge is 0.0478 e. The van der Waals surface area contributed by atoms with Crippen LogP contribution in [0.3, 0.4) is 0 Å². The Labute approximate surface area is 84.2 Å². The molecule has 0 aliphatic carbocycles. The van der Waals surface area contributed by atoms with Gasteiger partial charge >= 0.3 is 0 Å². The van der Waals surface area contributed by atoms with E-state index in [1.54, 1.807) is 6.08 Å². The highest BCUT2D eigenvalue weighted by atomic mass is 35.5. The Balaban J connectivity index is 3.20. The summed E-state index contributed by atoms with van der Waals surface area (Å²) in [6.07, 6.45) is 1.72. The van der Waals surface area contributed by atoms with Crippen LogP contribution in [-0.2, 0) is 0 Å². The summed E-state index contributed by atoms with van der Waals surface area (Å²) in [5.74, 6) is 0. The predicted octanol–water partition coefficient (Wildman–Crippen LogP) is 3.14. The van der Waals surface area contributed by atoms with Gasteiger partial charge in [-0.3, -0.25) is 0 Å². The van der Waals surface area contributed by atoms with Gasteiger partial charge in [-0.25, -0.2) is 0 Å². The Morgan fingerprint density at radius 3 is 2.23 bits per heavy atom. The van der Waals surface area contributed by atoms with Crippen molar-refractivity contribution in [3.05, 3.63) is 46.5 Å². The summed E-state index contributed by atoms with van der Waals surface area (Å²) in [4.78, 5) is 0. The highest BCUT2D eigenvalue weighted by Gasteiger charge is 2.06. The summed E-state index contributed by atoms with van der Waals surface area (Å²) in [5.41, 5.74) is 9.01. The summed E-state index contributed by atoms with van der Waals surface area (Å²) >= 11 is 6.03. The van der Waals surface area contributed by atoms with Crippen molar-refractivity contribution in [2.45, 2.75) is 19.9 Å². The van der Waals surface area contributed by atoms with E-state index in [0.29, 0.717) is 0 Å². The normalized spacial score (nSPS) is 12.6. The summed E-state index contributed by atoms with van der Waals surface area (Å²) in [5, 5.41) is 0.819. The molecule has 0 unspecified atom stereocenters. The second kappa shape index (κ2) is 3.95. The van der Waals surface area contributed by atoms with Gasteiger partial charge in [-0.05, 0) is 30.5 Å². The number of hydrogen-bond acceptors (Lipinski definition) is 1. The van der Waals surface area contributed by atoms with Crippen molar-refractivity contribution in [1.29, 1.82) is 0 Å². The van der Waals surface area contributed by atoms with E-state index in [2.05, 4.69) is 6.58 Å². The Hall–Kier alpha value is -0.790. The van der Waals surface area contributed by atoms with E-state index in [0.717, 1.165) is 21.7 Å². The number of benzene rings is 1.